The van der Waals surface area contributed by atoms with Crippen LogP contribution in [0.25, 0.3) is 0 Å². The Hall–Kier alpha value is -0.820. The van der Waals surface area contributed by atoms with Crippen molar-refractivity contribution < 1.29 is 4.74 Å². The van der Waals surface area contributed by atoms with Crippen molar-refractivity contribution in [2.75, 3.05) is 0 Å². The van der Waals surface area contributed by atoms with E-state index in [-0.39, 0.29) is 0 Å². The van der Waals surface area contributed by atoms with Gasteiger partial charge in [-0.05, 0) is 44.9 Å². The minimum Gasteiger partial charge on any atom is -0.371 e. The smallest absolute Gasteiger partial charge is 0.0759 e. The molecule has 0 aliphatic carbocycles. The summed E-state index contributed by atoms with van der Waals surface area (Å²) < 4.78 is 6.30. The van der Waals surface area contributed by atoms with E-state index in [0.717, 1.165) is 6.42 Å². The number of hydrogen-bond acceptors (Lipinski definition) is 1. The van der Waals surface area contributed by atoms with Crippen molar-refractivity contribution in [3.63, 3.8) is 0 Å². The number of unbranched alkanes of at least 4 members (excludes halogenated alkanes) is 12. The van der Waals surface area contributed by atoms with Crippen LogP contribution in [0.3, 0.4) is 0 Å². The zero-order chi connectivity index (χ0) is 18.7. The SMILES string of the molecule is C=CCCCCCCCC[C@H]1CC=C[C@H](CCCCCCCCC=C)O1. The molecular weight excluding hydrogens is 316 g/mol. The van der Waals surface area contributed by atoms with Crippen LogP contribution in [0.5, 0.6) is 0 Å². The molecule has 0 N–H and O–H groups in total. The highest BCUT2D eigenvalue weighted by atomic mass is 16.5. The van der Waals surface area contributed by atoms with Crippen molar-refractivity contribution in [3.8, 4) is 0 Å². The summed E-state index contributed by atoms with van der Waals surface area (Å²) in [5.41, 5.74) is 0. The van der Waals surface area contributed by atoms with E-state index in [9.17, 15) is 0 Å². The Balaban J connectivity index is 1.94. The second kappa shape index (κ2) is 17.6. The largest absolute Gasteiger partial charge is 0.371 e. The first-order valence-electron chi connectivity index (χ1n) is 11.4. The highest BCUT2D eigenvalue weighted by Crippen LogP contribution is 2.22. The van der Waals surface area contributed by atoms with Crippen LogP contribution in [0.1, 0.15) is 109 Å². The highest BCUT2D eigenvalue weighted by molar-refractivity contribution is 4.96. The molecule has 1 nitrogen and oxygen atoms in total. The Kier molecular flexibility index (Phi) is 15.7. The van der Waals surface area contributed by atoms with Crippen molar-refractivity contribution in [1.29, 1.82) is 0 Å². The molecule has 2 atom stereocenters. The van der Waals surface area contributed by atoms with E-state index in [2.05, 4.69) is 25.3 Å². The molecule has 26 heavy (non-hydrogen) atoms. The van der Waals surface area contributed by atoms with Gasteiger partial charge in [0, 0.05) is 0 Å². The first kappa shape index (κ1) is 23.2. The van der Waals surface area contributed by atoms with Gasteiger partial charge in [-0.1, -0.05) is 88.5 Å². The molecule has 1 heterocycles. The normalized spacial score (nSPS) is 19.5. The lowest BCUT2D eigenvalue weighted by Gasteiger charge is -2.26. The molecule has 0 saturated heterocycles. The molecule has 0 amide bonds. The van der Waals surface area contributed by atoms with Crippen LogP contribution in [0.2, 0.25) is 0 Å². The Bertz CT molecular complexity index is 357. The standard InChI is InChI=1S/C25H44O/c1-3-5-7-9-11-13-15-17-20-24-22-19-23-25(26-24)21-18-16-14-12-10-8-6-4-2/h3-4,19,22,24-25H,1-2,5-18,20-21,23H2/t24-,25-/m0/s1. The van der Waals surface area contributed by atoms with Crippen molar-refractivity contribution in [2.24, 2.45) is 0 Å². The summed E-state index contributed by atoms with van der Waals surface area (Å²) in [7, 11) is 0. The van der Waals surface area contributed by atoms with Crippen LogP contribution >= 0.6 is 0 Å². The molecule has 0 saturated carbocycles. The van der Waals surface area contributed by atoms with E-state index in [4.69, 9.17) is 4.74 Å². The molecule has 1 aliphatic rings. The van der Waals surface area contributed by atoms with Crippen LogP contribution < -0.4 is 0 Å². The lowest BCUT2D eigenvalue weighted by Crippen LogP contribution is -2.24. The molecule has 150 valence electrons. The highest BCUT2D eigenvalue weighted by Gasteiger charge is 2.17. The Morgan fingerprint density at radius 2 is 1.19 bits per heavy atom. The fraction of sp³-hybridized carbons (Fsp3) is 0.760. The fourth-order valence-electron chi connectivity index (χ4n) is 3.79. The van der Waals surface area contributed by atoms with Gasteiger partial charge in [0.1, 0.15) is 0 Å². The Labute approximate surface area is 164 Å². The van der Waals surface area contributed by atoms with Gasteiger partial charge in [-0.15, -0.1) is 13.2 Å². The minimum absolute atomic E-state index is 0.383. The topological polar surface area (TPSA) is 9.23 Å². The lowest BCUT2D eigenvalue weighted by molar-refractivity contribution is -0.00434. The maximum absolute atomic E-state index is 6.30. The molecule has 0 aromatic heterocycles. The maximum atomic E-state index is 6.30. The van der Waals surface area contributed by atoms with Gasteiger partial charge in [0.15, 0.2) is 0 Å². The van der Waals surface area contributed by atoms with Gasteiger partial charge < -0.3 is 4.74 Å². The molecule has 0 radical (unpaired) electrons. The summed E-state index contributed by atoms with van der Waals surface area (Å²) in [5, 5.41) is 0. The Morgan fingerprint density at radius 3 is 1.77 bits per heavy atom. The van der Waals surface area contributed by atoms with Gasteiger partial charge >= 0.3 is 0 Å². The zero-order valence-corrected chi connectivity index (χ0v) is 17.3. The van der Waals surface area contributed by atoms with E-state index >= 15 is 0 Å². The second-order valence-electron chi connectivity index (χ2n) is 7.94. The van der Waals surface area contributed by atoms with Crippen LogP contribution in [0.4, 0.5) is 0 Å². The van der Waals surface area contributed by atoms with Gasteiger partial charge in [0.05, 0.1) is 12.2 Å². The van der Waals surface area contributed by atoms with Crippen molar-refractivity contribution in [3.05, 3.63) is 37.5 Å². The molecule has 1 rings (SSSR count). The summed E-state index contributed by atoms with van der Waals surface area (Å²) in [6.45, 7) is 7.57. The van der Waals surface area contributed by atoms with Gasteiger partial charge in [-0.2, -0.15) is 0 Å². The van der Waals surface area contributed by atoms with E-state index in [0.29, 0.717) is 12.2 Å². The molecule has 0 unspecified atom stereocenters. The molecule has 1 heteroatoms. The average Bonchev–Trinajstić information content (AvgIpc) is 2.66. The van der Waals surface area contributed by atoms with Crippen molar-refractivity contribution in [1.82, 2.24) is 0 Å². The molecule has 0 aromatic carbocycles. The van der Waals surface area contributed by atoms with Gasteiger partial charge in [0.2, 0.25) is 0 Å². The summed E-state index contributed by atoms with van der Waals surface area (Å²) in [6, 6.07) is 0. The third kappa shape index (κ3) is 13.4. The number of ether oxygens (including phenoxy) is 1. The van der Waals surface area contributed by atoms with E-state index in [1.54, 1.807) is 0 Å². The predicted molar refractivity (Wildman–Crippen MR) is 117 cm³/mol. The number of hydrogen-bond donors (Lipinski definition) is 0. The molecular formula is C25H44O. The Morgan fingerprint density at radius 1 is 0.692 bits per heavy atom. The number of rotatable bonds is 18. The van der Waals surface area contributed by atoms with Crippen LogP contribution in [-0.4, -0.2) is 12.2 Å². The summed E-state index contributed by atoms with van der Waals surface area (Å²) in [6.07, 6.45) is 31.8. The third-order valence-corrected chi connectivity index (χ3v) is 5.45. The fourth-order valence-corrected chi connectivity index (χ4v) is 3.79. The molecule has 0 aromatic rings. The number of allylic oxidation sites excluding steroid dienone is 2. The molecule has 0 fully saturated rings. The van der Waals surface area contributed by atoms with E-state index < -0.39 is 0 Å². The first-order valence-corrected chi connectivity index (χ1v) is 11.4. The van der Waals surface area contributed by atoms with E-state index in [1.165, 1.54) is 103 Å². The monoisotopic (exact) mass is 360 g/mol. The van der Waals surface area contributed by atoms with Gasteiger partial charge in [-0.25, -0.2) is 0 Å². The van der Waals surface area contributed by atoms with Gasteiger partial charge in [-0.3, -0.25) is 0 Å². The van der Waals surface area contributed by atoms with Crippen LogP contribution in [0, 0.1) is 0 Å². The zero-order valence-electron chi connectivity index (χ0n) is 17.3. The molecule has 0 bridgehead atoms. The van der Waals surface area contributed by atoms with Crippen LogP contribution in [-0.2, 0) is 4.74 Å². The molecule has 1 aliphatic heterocycles. The van der Waals surface area contributed by atoms with Crippen molar-refractivity contribution >= 4 is 0 Å². The maximum Gasteiger partial charge on any atom is 0.0759 e. The second-order valence-corrected chi connectivity index (χ2v) is 7.94. The van der Waals surface area contributed by atoms with Crippen LogP contribution in [0.15, 0.2) is 37.5 Å². The summed E-state index contributed by atoms with van der Waals surface area (Å²) >= 11 is 0. The average molecular weight is 361 g/mol. The van der Waals surface area contributed by atoms with E-state index in [1.807, 2.05) is 12.2 Å². The lowest BCUT2D eigenvalue weighted by atomic mass is 10.0. The summed E-state index contributed by atoms with van der Waals surface area (Å²) in [4.78, 5) is 0. The van der Waals surface area contributed by atoms with Crippen molar-refractivity contribution in [2.45, 2.75) is 121 Å². The predicted octanol–water partition coefficient (Wildman–Crippen LogP) is 8.31. The quantitative estimate of drug-likeness (QED) is 0.176. The first-order chi connectivity index (χ1) is 12.9. The third-order valence-electron chi connectivity index (χ3n) is 5.45. The minimum atomic E-state index is 0.383. The molecule has 0 spiro atoms. The van der Waals surface area contributed by atoms with Gasteiger partial charge in [0.25, 0.3) is 0 Å². The summed E-state index contributed by atoms with van der Waals surface area (Å²) in [5.74, 6) is 0.